The SMILES string of the molecule is CC(Oc1ccc(-c2ccccc2)cc1)C(=O)NCCN1CCNCC1. The number of hydrogen-bond acceptors (Lipinski definition) is 4. The molecule has 2 aromatic carbocycles. The molecule has 138 valence electrons. The number of ether oxygens (including phenoxy) is 1. The molecule has 0 aliphatic carbocycles. The van der Waals surface area contributed by atoms with E-state index in [1.54, 1.807) is 6.92 Å². The molecule has 5 heteroatoms. The van der Waals surface area contributed by atoms with Gasteiger partial charge in [0.25, 0.3) is 5.91 Å². The van der Waals surface area contributed by atoms with Gasteiger partial charge in [0.1, 0.15) is 5.75 Å². The Kier molecular flexibility index (Phi) is 6.63. The highest BCUT2D eigenvalue weighted by molar-refractivity contribution is 5.80. The molecule has 3 rings (SSSR count). The number of carbonyl (C=O) groups excluding carboxylic acids is 1. The zero-order valence-corrected chi connectivity index (χ0v) is 15.3. The minimum atomic E-state index is -0.513. The van der Waals surface area contributed by atoms with E-state index in [9.17, 15) is 4.79 Å². The van der Waals surface area contributed by atoms with E-state index in [1.807, 2.05) is 42.5 Å². The lowest BCUT2D eigenvalue weighted by molar-refractivity contribution is -0.127. The number of hydrogen-bond donors (Lipinski definition) is 2. The molecule has 1 saturated heterocycles. The Balaban J connectivity index is 1.44. The van der Waals surface area contributed by atoms with Gasteiger partial charge in [0.2, 0.25) is 0 Å². The Labute approximate surface area is 155 Å². The van der Waals surface area contributed by atoms with Gasteiger partial charge in [-0.3, -0.25) is 9.69 Å². The topological polar surface area (TPSA) is 53.6 Å². The van der Waals surface area contributed by atoms with Crippen LogP contribution < -0.4 is 15.4 Å². The highest BCUT2D eigenvalue weighted by Crippen LogP contribution is 2.22. The van der Waals surface area contributed by atoms with E-state index in [-0.39, 0.29) is 5.91 Å². The van der Waals surface area contributed by atoms with Gasteiger partial charge in [0, 0.05) is 39.3 Å². The molecule has 1 atom stereocenters. The Bertz CT molecular complexity index is 682. The fourth-order valence-corrected chi connectivity index (χ4v) is 3.03. The van der Waals surface area contributed by atoms with Crippen molar-refractivity contribution in [2.75, 3.05) is 39.3 Å². The molecular formula is C21H27N3O2. The summed E-state index contributed by atoms with van der Waals surface area (Å²) in [5, 5.41) is 6.29. The van der Waals surface area contributed by atoms with Crippen molar-refractivity contribution in [2.24, 2.45) is 0 Å². The van der Waals surface area contributed by atoms with Crippen molar-refractivity contribution in [2.45, 2.75) is 13.0 Å². The quantitative estimate of drug-likeness (QED) is 0.801. The lowest BCUT2D eigenvalue weighted by Crippen LogP contribution is -2.47. The minimum absolute atomic E-state index is 0.0766. The number of carbonyl (C=O) groups is 1. The number of benzene rings is 2. The van der Waals surface area contributed by atoms with E-state index in [0.717, 1.165) is 43.9 Å². The zero-order valence-electron chi connectivity index (χ0n) is 15.3. The van der Waals surface area contributed by atoms with Gasteiger partial charge >= 0.3 is 0 Å². The second kappa shape index (κ2) is 9.36. The fraction of sp³-hybridized carbons (Fsp3) is 0.381. The normalized spacial score (nSPS) is 16.0. The van der Waals surface area contributed by atoms with E-state index in [4.69, 9.17) is 4.74 Å². The molecule has 26 heavy (non-hydrogen) atoms. The largest absolute Gasteiger partial charge is 0.481 e. The molecule has 1 unspecified atom stereocenters. The third kappa shape index (κ3) is 5.31. The van der Waals surface area contributed by atoms with Gasteiger partial charge in [-0.2, -0.15) is 0 Å². The van der Waals surface area contributed by atoms with E-state index < -0.39 is 6.10 Å². The molecule has 0 saturated carbocycles. The molecule has 1 aliphatic heterocycles. The predicted octanol–water partition coefficient (Wildman–Crippen LogP) is 2.14. The number of amides is 1. The van der Waals surface area contributed by atoms with Crippen LogP contribution in [0.4, 0.5) is 0 Å². The molecule has 0 bridgehead atoms. The predicted molar refractivity (Wildman–Crippen MR) is 104 cm³/mol. The van der Waals surface area contributed by atoms with Crippen molar-refractivity contribution < 1.29 is 9.53 Å². The van der Waals surface area contributed by atoms with Crippen LogP contribution in [0, 0.1) is 0 Å². The van der Waals surface area contributed by atoms with Crippen LogP contribution in [-0.4, -0.2) is 56.2 Å². The summed E-state index contributed by atoms with van der Waals surface area (Å²) in [6.45, 7) is 7.43. The average molecular weight is 353 g/mol. The van der Waals surface area contributed by atoms with E-state index in [2.05, 4.69) is 27.7 Å². The summed E-state index contributed by atoms with van der Waals surface area (Å²) in [4.78, 5) is 14.6. The van der Waals surface area contributed by atoms with Gasteiger partial charge in [-0.15, -0.1) is 0 Å². The van der Waals surface area contributed by atoms with Crippen LogP contribution in [0.1, 0.15) is 6.92 Å². The molecule has 5 nitrogen and oxygen atoms in total. The third-order valence-corrected chi connectivity index (χ3v) is 4.58. The number of rotatable bonds is 7. The van der Waals surface area contributed by atoms with Crippen LogP contribution in [-0.2, 0) is 4.79 Å². The maximum Gasteiger partial charge on any atom is 0.260 e. The van der Waals surface area contributed by atoms with Crippen molar-refractivity contribution in [1.82, 2.24) is 15.5 Å². The highest BCUT2D eigenvalue weighted by atomic mass is 16.5. The van der Waals surface area contributed by atoms with Gasteiger partial charge in [-0.1, -0.05) is 42.5 Å². The molecule has 2 N–H and O–H groups in total. The molecule has 0 aromatic heterocycles. The van der Waals surface area contributed by atoms with Gasteiger partial charge in [0.05, 0.1) is 0 Å². The van der Waals surface area contributed by atoms with Gasteiger partial charge in [-0.05, 0) is 30.2 Å². The van der Waals surface area contributed by atoms with Gasteiger partial charge < -0.3 is 15.4 Å². The first-order chi connectivity index (χ1) is 12.7. The van der Waals surface area contributed by atoms with Crippen molar-refractivity contribution in [3.8, 4) is 16.9 Å². The molecule has 1 amide bonds. The summed E-state index contributed by atoms with van der Waals surface area (Å²) in [5.74, 6) is 0.627. The van der Waals surface area contributed by atoms with Gasteiger partial charge in [-0.25, -0.2) is 0 Å². The number of piperazine rings is 1. The molecule has 1 aliphatic rings. The van der Waals surface area contributed by atoms with Crippen LogP contribution in [0.25, 0.3) is 11.1 Å². The smallest absolute Gasteiger partial charge is 0.260 e. The third-order valence-electron chi connectivity index (χ3n) is 4.58. The van der Waals surface area contributed by atoms with E-state index in [1.165, 1.54) is 0 Å². The first kappa shape index (κ1) is 18.4. The van der Waals surface area contributed by atoms with Crippen LogP contribution >= 0.6 is 0 Å². The Morgan fingerprint density at radius 1 is 1.08 bits per heavy atom. The molecule has 0 radical (unpaired) electrons. The summed E-state index contributed by atoms with van der Waals surface area (Å²) >= 11 is 0. The van der Waals surface area contributed by atoms with Crippen LogP contribution in [0.15, 0.2) is 54.6 Å². The standard InChI is InChI=1S/C21H27N3O2/c1-17(21(25)23-13-16-24-14-11-22-12-15-24)26-20-9-7-19(8-10-20)18-5-3-2-4-6-18/h2-10,17,22H,11-16H2,1H3,(H,23,25). The van der Waals surface area contributed by atoms with Crippen molar-refractivity contribution in [1.29, 1.82) is 0 Å². The molecule has 2 aromatic rings. The summed E-state index contributed by atoms with van der Waals surface area (Å²) in [6.07, 6.45) is -0.513. The summed E-state index contributed by atoms with van der Waals surface area (Å²) in [5.41, 5.74) is 2.30. The average Bonchev–Trinajstić information content (AvgIpc) is 2.70. The second-order valence-corrected chi connectivity index (χ2v) is 6.53. The molecular weight excluding hydrogens is 326 g/mol. The van der Waals surface area contributed by atoms with Crippen LogP contribution in [0.3, 0.4) is 0 Å². The lowest BCUT2D eigenvalue weighted by atomic mass is 10.1. The van der Waals surface area contributed by atoms with E-state index >= 15 is 0 Å². The summed E-state index contributed by atoms with van der Waals surface area (Å²) in [6, 6.07) is 18.0. The molecule has 1 heterocycles. The Morgan fingerprint density at radius 3 is 2.42 bits per heavy atom. The van der Waals surface area contributed by atoms with E-state index in [0.29, 0.717) is 12.3 Å². The minimum Gasteiger partial charge on any atom is -0.481 e. The fourth-order valence-electron chi connectivity index (χ4n) is 3.03. The first-order valence-electron chi connectivity index (χ1n) is 9.25. The summed E-state index contributed by atoms with van der Waals surface area (Å²) in [7, 11) is 0. The van der Waals surface area contributed by atoms with Crippen molar-refractivity contribution >= 4 is 5.91 Å². The molecule has 0 spiro atoms. The van der Waals surface area contributed by atoms with Crippen molar-refractivity contribution in [3.05, 3.63) is 54.6 Å². The maximum atomic E-state index is 12.2. The first-order valence-corrected chi connectivity index (χ1v) is 9.25. The maximum absolute atomic E-state index is 12.2. The zero-order chi connectivity index (χ0) is 18.2. The monoisotopic (exact) mass is 353 g/mol. The number of nitrogens with one attached hydrogen (secondary N) is 2. The second-order valence-electron chi connectivity index (χ2n) is 6.53. The van der Waals surface area contributed by atoms with Crippen LogP contribution in [0.5, 0.6) is 5.75 Å². The number of nitrogens with zero attached hydrogens (tertiary/aromatic N) is 1. The molecule has 1 fully saturated rings. The Morgan fingerprint density at radius 2 is 1.73 bits per heavy atom. The lowest BCUT2D eigenvalue weighted by Gasteiger charge is -2.27. The Hall–Kier alpha value is -2.37. The van der Waals surface area contributed by atoms with Gasteiger partial charge in [0.15, 0.2) is 6.10 Å². The van der Waals surface area contributed by atoms with Crippen molar-refractivity contribution in [3.63, 3.8) is 0 Å². The highest BCUT2D eigenvalue weighted by Gasteiger charge is 2.15. The summed E-state index contributed by atoms with van der Waals surface area (Å²) < 4.78 is 5.77. The van der Waals surface area contributed by atoms with Crippen LogP contribution in [0.2, 0.25) is 0 Å².